The van der Waals surface area contributed by atoms with Gasteiger partial charge in [-0.2, -0.15) is 18.3 Å². The molecule has 1 amide bonds. The van der Waals surface area contributed by atoms with Gasteiger partial charge in [0, 0.05) is 42.3 Å². The molecule has 0 saturated heterocycles. The zero-order valence-electron chi connectivity index (χ0n) is 22.8. The Bertz CT molecular complexity index is 1710. The van der Waals surface area contributed by atoms with Gasteiger partial charge in [0.2, 0.25) is 5.62 Å². The summed E-state index contributed by atoms with van der Waals surface area (Å²) in [5, 5.41) is 15.3. The minimum atomic E-state index is -4.70. The van der Waals surface area contributed by atoms with Crippen LogP contribution in [0.15, 0.2) is 55.0 Å². The molecule has 12 heteroatoms. The molecule has 0 spiro atoms. The van der Waals surface area contributed by atoms with E-state index < -0.39 is 29.6 Å². The molecule has 2 aromatic heterocycles. The van der Waals surface area contributed by atoms with Crippen molar-refractivity contribution in [1.29, 1.82) is 5.41 Å². The highest BCUT2D eigenvalue weighted by atomic mass is 35.5. The predicted octanol–water partition coefficient (Wildman–Crippen LogP) is 6.73. The highest BCUT2D eigenvalue weighted by Gasteiger charge is 2.38. The van der Waals surface area contributed by atoms with Crippen molar-refractivity contribution in [3.05, 3.63) is 93.8 Å². The van der Waals surface area contributed by atoms with Gasteiger partial charge < -0.3 is 14.5 Å². The van der Waals surface area contributed by atoms with Crippen LogP contribution in [0.25, 0.3) is 11.1 Å². The summed E-state index contributed by atoms with van der Waals surface area (Å²) in [7, 11) is 0. The van der Waals surface area contributed by atoms with Crippen LogP contribution in [-0.4, -0.2) is 24.8 Å². The monoisotopic (exact) mass is 600 g/mol. The minimum Gasteiger partial charge on any atom is -0.345 e. The molecule has 2 heterocycles. The smallest absolute Gasteiger partial charge is 0.345 e. The Morgan fingerprint density at radius 3 is 2.55 bits per heavy atom. The number of hydrogen-bond donors (Lipinski definition) is 2. The molecular formula is C30H29ClF4N6O. The van der Waals surface area contributed by atoms with E-state index in [0.717, 1.165) is 25.7 Å². The van der Waals surface area contributed by atoms with E-state index in [4.69, 9.17) is 17.0 Å². The van der Waals surface area contributed by atoms with Crippen LogP contribution in [0.3, 0.4) is 0 Å². The Labute approximate surface area is 244 Å². The van der Waals surface area contributed by atoms with Crippen LogP contribution in [0, 0.1) is 17.1 Å². The number of amides is 1. The van der Waals surface area contributed by atoms with Crippen molar-refractivity contribution in [3.8, 4) is 11.1 Å². The lowest BCUT2D eigenvalue weighted by atomic mass is 9.98. The number of imidazole rings is 1. The third-order valence-electron chi connectivity index (χ3n) is 7.82. The van der Waals surface area contributed by atoms with Gasteiger partial charge in [-0.05, 0) is 85.5 Å². The Balaban J connectivity index is 1.40. The van der Waals surface area contributed by atoms with Gasteiger partial charge in [-0.3, -0.25) is 14.9 Å². The van der Waals surface area contributed by atoms with Gasteiger partial charge >= 0.3 is 6.18 Å². The minimum absolute atomic E-state index is 0.0503. The molecule has 2 fully saturated rings. The Kier molecular flexibility index (Phi) is 7.24. The molecule has 0 radical (unpaired) electrons. The van der Waals surface area contributed by atoms with Crippen molar-refractivity contribution in [2.45, 2.75) is 64.0 Å². The van der Waals surface area contributed by atoms with E-state index in [0.29, 0.717) is 17.2 Å². The number of aromatic nitrogens is 4. The van der Waals surface area contributed by atoms with Gasteiger partial charge in [0.25, 0.3) is 5.91 Å². The topological polar surface area (TPSA) is 80.6 Å². The van der Waals surface area contributed by atoms with Crippen molar-refractivity contribution in [3.63, 3.8) is 0 Å². The molecule has 1 atom stereocenters. The number of carbonyl (C=O) groups is 1. The number of halogens is 5. The van der Waals surface area contributed by atoms with Crippen molar-refractivity contribution >= 4 is 17.5 Å². The van der Waals surface area contributed by atoms with Gasteiger partial charge in [-0.25, -0.2) is 4.39 Å². The predicted molar refractivity (Wildman–Crippen MR) is 148 cm³/mol. The number of nitrogens with zero attached hydrogens (tertiary/aromatic N) is 4. The summed E-state index contributed by atoms with van der Waals surface area (Å²) in [5.41, 5.74) is 0.724. The normalized spacial score (nSPS) is 16.0. The zero-order chi connectivity index (χ0) is 29.8. The lowest BCUT2D eigenvalue weighted by molar-refractivity contribution is -0.141. The third-order valence-corrected chi connectivity index (χ3v) is 8.11. The van der Waals surface area contributed by atoms with E-state index in [1.54, 1.807) is 35.9 Å². The van der Waals surface area contributed by atoms with Crippen LogP contribution in [-0.2, 0) is 19.3 Å². The highest BCUT2D eigenvalue weighted by Crippen LogP contribution is 2.42. The van der Waals surface area contributed by atoms with Gasteiger partial charge in [0.1, 0.15) is 5.82 Å². The fourth-order valence-electron chi connectivity index (χ4n) is 5.32. The lowest BCUT2D eigenvalue weighted by Gasteiger charge is -2.20. The first-order valence-electron chi connectivity index (χ1n) is 13.9. The fraction of sp³-hybridized carbons (Fsp3) is 0.367. The number of nitrogens with one attached hydrogen (secondary N) is 2. The average molecular weight is 601 g/mol. The molecule has 2 aliphatic rings. The standard InChI is InChI=1S/C30H29ClF4N6O/c1-2-40-16-23(27(38-40)30(33,34)35)20-11-17(15-39-9-10-41(29(39)36)22-6-7-22)12-21(13-20)28(42)37-26(18-3-4-18)19-5-8-25(32)24(31)14-19/h5,8-14,16,18,22,26,36H,2-4,6-7,15H2,1H3,(H,37,42). The maximum absolute atomic E-state index is 14.0. The van der Waals surface area contributed by atoms with Gasteiger partial charge in [-0.15, -0.1) is 0 Å². The number of benzene rings is 2. The zero-order valence-corrected chi connectivity index (χ0v) is 23.5. The average Bonchev–Trinajstić information content (AvgIpc) is 3.89. The van der Waals surface area contributed by atoms with Crippen molar-refractivity contribution in [1.82, 2.24) is 24.2 Å². The molecule has 2 aromatic carbocycles. The van der Waals surface area contributed by atoms with Crippen LogP contribution in [0.5, 0.6) is 0 Å². The van der Waals surface area contributed by atoms with Crippen LogP contribution in [0.4, 0.5) is 17.6 Å². The molecule has 2 N–H and O–H groups in total. The first-order chi connectivity index (χ1) is 20.0. The summed E-state index contributed by atoms with van der Waals surface area (Å²) in [6.07, 6.45) is 3.99. The Morgan fingerprint density at radius 2 is 1.90 bits per heavy atom. The summed E-state index contributed by atoms with van der Waals surface area (Å²) < 4.78 is 60.7. The van der Waals surface area contributed by atoms with E-state index in [9.17, 15) is 22.4 Å². The third kappa shape index (κ3) is 5.74. The second kappa shape index (κ2) is 10.8. The molecule has 4 aromatic rings. The number of hydrogen-bond acceptors (Lipinski definition) is 3. The Morgan fingerprint density at radius 1 is 1.14 bits per heavy atom. The molecule has 1 unspecified atom stereocenters. The van der Waals surface area contributed by atoms with Crippen LogP contribution >= 0.6 is 11.6 Å². The molecule has 7 nitrogen and oxygen atoms in total. The summed E-state index contributed by atoms with van der Waals surface area (Å²) in [5.74, 6) is -0.895. The fourth-order valence-corrected chi connectivity index (χ4v) is 5.51. The van der Waals surface area contributed by atoms with Gasteiger partial charge in [-0.1, -0.05) is 17.7 Å². The second-order valence-corrected chi connectivity index (χ2v) is 11.4. The summed E-state index contributed by atoms with van der Waals surface area (Å²) in [6.45, 7) is 2.13. The van der Waals surface area contributed by atoms with Crippen LogP contribution < -0.4 is 10.9 Å². The summed E-state index contributed by atoms with van der Waals surface area (Å²) in [4.78, 5) is 13.7. The van der Waals surface area contributed by atoms with Gasteiger partial charge in [0.05, 0.1) is 17.6 Å². The molecule has 6 rings (SSSR count). The summed E-state index contributed by atoms with van der Waals surface area (Å²) >= 11 is 6.02. The second-order valence-electron chi connectivity index (χ2n) is 11.0. The Hall–Kier alpha value is -3.86. The van der Waals surface area contributed by atoms with Crippen LogP contribution in [0.1, 0.15) is 71.9 Å². The first-order valence-corrected chi connectivity index (χ1v) is 14.3. The van der Waals surface area contributed by atoms with Crippen molar-refractivity contribution in [2.75, 3.05) is 0 Å². The summed E-state index contributed by atoms with van der Waals surface area (Å²) in [6, 6.07) is 8.88. The molecule has 0 aliphatic heterocycles. The SMILES string of the molecule is CCn1cc(-c2cc(Cn3ccn(C4CC4)c3=N)cc(C(=O)NC(c3ccc(F)c(Cl)c3)C3CC3)c2)c(C(F)(F)F)n1. The molecule has 220 valence electrons. The quantitative estimate of drug-likeness (QED) is 0.209. The molecule has 2 aliphatic carbocycles. The van der Waals surface area contributed by atoms with Gasteiger partial charge in [0.15, 0.2) is 5.69 Å². The number of carbonyl (C=O) groups excluding carboxylic acids is 1. The lowest BCUT2D eigenvalue weighted by Crippen LogP contribution is -2.30. The highest BCUT2D eigenvalue weighted by molar-refractivity contribution is 6.30. The largest absolute Gasteiger partial charge is 0.435 e. The van der Waals surface area contributed by atoms with E-state index in [1.165, 1.54) is 29.1 Å². The first kappa shape index (κ1) is 28.3. The molecule has 42 heavy (non-hydrogen) atoms. The number of aryl methyl sites for hydroxylation is 1. The van der Waals surface area contributed by atoms with E-state index in [-0.39, 0.29) is 46.3 Å². The van der Waals surface area contributed by atoms with E-state index in [2.05, 4.69) is 10.4 Å². The maximum Gasteiger partial charge on any atom is 0.435 e. The molecular weight excluding hydrogens is 572 g/mol. The van der Waals surface area contributed by atoms with E-state index in [1.807, 2.05) is 10.8 Å². The maximum atomic E-state index is 14.0. The van der Waals surface area contributed by atoms with E-state index >= 15 is 0 Å². The molecule has 2 saturated carbocycles. The number of rotatable bonds is 9. The molecule has 0 bridgehead atoms. The van der Waals surface area contributed by atoms with Crippen molar-refractivity contribution < 1.29 is 22.4 Å². The van der Waals surface area contributed by atoms with Crippen LogP contribution in [0.2, 0.25) is 5.02 Å². The van der Waals surface area contributed by atoms with Crippen molar-refractivity contribution in [2.24, 2.45) is 5.92 Å². The number of alkyl halides is 3.